The Hall–Kier alpha value is -1.24. The third-order valence-electron chi connectivity index (χ3n) is 5.15. The number of nitrogens with one attached hydrogen (secondary N) is 1. The van der Waals surface area contributed by atoms with Gasteiger partial charge in [0, 0.05) is 12.2 Å². The second-order valence-corrected chi connectivity index (χ2v) is 7.68. The van der Waals surface area contributed by atoms with E-state index in [-0.39, 0.29) is 0 Å². The summed E-state index contributed by atoms with van der Waals surface area (Å²) in [6.45, 7) is 5.56. The Labute approximate surface area is 163 Å². The lowest BCUT2D eigenvalue weighted by atomic mass is 10.1. The number of benzene rings is 1. The number of anilines is 1. The van der Waals surface area contributed by atoms with Crippen LogP contribution in [-0.2, 0) is 0 Å². The molecule has 0 unspecified atom stereocenters. The van der Waals surface area contributed by atoms with Gasteiger partial charge in [-0.3, -0.25) is 0 Å². The van der Waals surface area contributed by atoms with Gasteiger partial charge in [-0.15, -0.1) is 0 Å². The van der Waals surface area contributed by atoms with Crippen LogP contribution >= 0.6 is 0 Å². The van der Waals surface area contributed by atoms with Crippen molar-refractivity contribution in [3.8, 4) is 0 Å². The summed E-state index contributed by atoms with van der Waals surface area (Å²) in [5, 5.41) is 3.55. The van der Waals surface area contributed by atoms with Gasteiger partial charge in [0.05, 0.1) is 0 Å². The average Bonchev–Trinajstić information content (AvgIpc) is 2.65. The molecule has 0 aromatic heterocycles. The molecule has 0 saturated heterocycles. The molecule has 0 bridgehead atoms. The highest BCUT2D eigenvalue weighted by molar-refractivity contribution is 5.49. The molecule has 1 aromatic rings. The molecule has 0 radical (unpaired) electrons. The van der Waals surface area contributed by atoms with Gasteiger partial charge < -0.3 is 5.32 Å². The molecule has 0 atom stereocenters. The minimum absolute atomic E-state index is 1.10. The van der Waals surface area contributed by atoms with Gasteiger partial charge in [-0.1, -0.05) is 95.1 Å². The zero-order valence-corrected chi connectivity index (χ0v) is 17.6. The lowest BCUT2D eigenvalue weighted by Gasteiger charge is -2.08. The average molecular weight is 358 g/mol. The predicted octanol–water partition coefficient (Wildman–Crippen LogP) is 8.44. The fourth-order valence-electron chi connectivity index (χ4n) is 3.37. The molecule has 1 N–H and O–H groups in total. The molecule has 0 aliphatic heterocycles. The molecule has 1 aromatic carbocycles. The van der Waals surface area contributed by atoms with Gasteiger partial charge in [-0.25, -0.2) is 0 Å². The van der Waals surface area contributed by atoms with Crippen LogP contribution in [0.5, 0.6) is 0 Å². The summed E-state index contributed by atoms with van der Waals surface area (Å²) < 4.78 is 0. The van der Waals surface area contributed by atoms with Crippen molar-refractivity contribution in [2.75, 3.05) is 11.9 Å². The Bertz CT molecular complexity index is 449. The Balaban J connectivity index is 1.79. The molecule has 0 aliphatic rings. The highest BCUT2D eigenvalue weighted by Crippen LogP contribution is 2.14. The zero-order chi connectivity index (χ0) is 18.7. The molecule has 1 heteroatoms. The number of para-hydroxylation sites is 1. The maximum atomic E-state index is 3.55. The van der Waals surface area contributed by atoms with Crippen LogP contribution in [0.3, 0.4) is 0 Å². The van der Waals surface area contributed by atoms with Gasteiger partial charge in [0.25, 0.3) is 0 Å². The maximum absolute atomic E-state index is 3.55. The SMILES string of the molecule is CCCCCCCC/C=C\CCCCCCCCNc1ccccc1C. The normalized spacial score (nSPS) is 11.3. The Kier molecular flexibility index (Phi) is 15.1. The van der Waals surface area contributed by atoms with Gasteiger partial charge >= 0.3 is 0 Å². The zero-order valence-electron chi connectivity index (χ0n) is 17.6. The maximum Gasteiger partial charge on any atom is 0.0369 e. The van der Waals surface area contributed by atoms with E-state index in [9.17, 15) is 0 Å². The standard InChI is InChI=1S/C25H43N/c1-3-4-5-6-7-8-9-10-11-12-13-14-15-16-17-20-23-26-25-22-19-18-21-24(25)2/h10-11,18-19,21-22,26H,3-9,12-17,20,23H2,1-2H3/b11-10-. The van der Waals surface area contributed by atoms with E-state index < -0.39 is 0 Å². The van der Waals surface area contributed by atoms with Crippen LogP contribution in [0.15, 0.2) is 36.4 Å². The number of hydrogen-bond donors (Lipinski definition) is 1. The number of rotatable bonds is 17. The first-order chi connectivity index (χ1) is 12.8. The van der Waals surface area contributed by atoms with Crippen LogP contribution in [0.25, 0.3) is 0 Å². The summed E-state index contributed by atoms with van der Waals surface area (Å²) in [5.41, 5.74) is 2.64. The van der Waals surface area contributed by atoms with Crippen molar-refractivity contribution in [1.29, 1.82) is 0 Å². The quantitative estimate of drug-likeness (QED) is 0.218. The van der Waals surface area contributed by atoms with Crippen molar-refractivity contribution < 1.29 is 0 Å². The largest absolute Gasteiger partial charge is 0.385 e. The van der Waals surface area contributed by atoms with E-state index in [1.807, 2.05) is 0 Å². The number of unbranched alkanes of at least 4 members (excludes halogenated alkanes) is 12. The van der Waals surface area contributed by atoms with Crippen LogP contribution in [0, 0.1) is 6.92 Å². The molecule has 0 fully saturated rings. The number of hydrogen-bond acceptors (Lipinski definition) is 1. The van der Waals surface area contributed by atoms with Crippen LogP contribution in [0.1, 0.15) is 102 Å². The second kappa shape index (κ2) is 17.2. The number of aryl methyl sites for hydroxylation is 1. The van der Waals surface area contributed by atoms with E-state index in [2.05, 4.69) is 55.6 Å². The van der Waals surface area contributed by atoms with Crippen molar-refractivity contribution >= 4 is 5.69 Å². The molecular formula is C25H43N. The molecular weight excluding hydrogens is 314 g/mol. The van der Waals surface area contributed by atoms with E-state index >= 15 is 0 Å². The first-order valence-electron chi connectivity index (χ1n) is 11.3. The third kappa shape index (κ3) is 13.0. The van der Waals surface area contributed by atoms with Crippen molar-refractivity contribution in [2.24, 2.45) is 0 Å². The van der Waals surface area contributed by atoms with Crippen molar-refractivity contribution in [1.82, 2.24) is 0 Å². The fourth-order valence-corrected chi connectivity index (χ4v) is 3.37. The molecule has 0 aliphatic carbocycles. The summed E-state index contributed by atoms with van der Waals surface area (Å²) in [6, 6.07) is 8.56. The van der Waals surface area contributed by atoms with Crippen molar-refractivity contribution in [3.05, 3.63) is 42.0 Å². The Morgan fingerprint density at radius 3 is 1.85 bits per heavy atom. The summed E-state index contributed by atoms with van der Waals surface area (Å²) in [5.74, 6) is 0. The van der Waals surface area contributed by atoms with Gasteiger partial charge in [0.2, 0.25) is 0 Å². The molecule has 1 nitrogen and oxygen atoms in total. The molecule has 0 saturated carbocycles. The summed E-state index contributed by atoms with van der Waals surface area (Å²) in [4.78, 5) is 0. The topological polar surface area (TPSA) is 12.0 Å². The van der Waals surface area contributed by atoms with Gasteiger partial charge in [0.1, 0.15) is 0 Å². The van der Waals surface area contributed by atoms with E-state index in [1.54, 1.807) is 0 Å². The number of allylic oxidation sites excluding steroid dienone is 2. The highest BCUT2D eigenvalue weighted by atomic mass is 14.9. The summed E-state index contributed by atoms with van der Waals surface area (Å²) >= 11 is 0. The predicted molar refractivity (Wildman–Crippen MR) is 119 cm³/mol. The van der Waals surface area contributed by atoms with E-state index in [0.29, 0.717) is 0 Å². The molecule has 0 amide bonds. The van der Waals surface area contributed by atoms with Crippen LogP contribution < -0.4 is 5.32 Å². The fraction of sp³-hybridized carbons (Fsp3) is 0.680. The van der Waals surface area contributed by atoms with Crippen LogP contribution in [0.4, 0.5) is 5.69 Å². The molecule has 26 heavy (non-hydrogen) atoms. The Morgan fingerprint density at radius 1 is 0.692 bits per heavy atom. The minimum Gasteiger partial charge on any atom is -0.385 e. The second-order valence-electron chi connectivity index (χ2n) is 7.68. The van der Waals surface area contributed by atoms with Crippen LogP contribution in [0.2, 0.25) is 0 Å². The monoisotopic (exact) mass is 357 g/mol. The highest BCUT2D eigenvalue weighted by Gasteiger charge is 1.95. The molecule has 0 heterocycles. The molecule has 0 spiro atoms. The van der Waals surface area contributed by atoms with Gasteiger partial charge in [-0.05, 0) is 50.7 Å². The van der Waals surface area contributed by atoms with Gasteiger partial charge in [0.15, 0.2) is 0 Å². The van der Waals surface area contributed by atoms with E-state index in [0.717, 1.165) is 6.54 Å². The lowest BCUT2D eigenvalue weighted by Crippen LogP contribution is -2.02. The Morgan fingerprint density at radius 2 is 1.23 bits per heavy atom. The molecule has 148 valence electrons. The van der Waals surface area contributed by atoms with E-state index in [4.69, 9.17) is 0 Å². The first kappa shape index (κ1) is 22.8. The summed E-state index contributed by atoms with van der Waals surface area (Å²) in [7, 11) is 0. The first-order valence-corrected chi connectivity index (χ1v) is 11.3. The van der Waals surface area contributed by atoms with E-state index in [1.165, 1.54) is 101 Å². The minimum atomic E-state index is 1.10. The third-order valence-corrected chi connectivity index (χ3v) is 5.15. The van der Waals surface area contributed by atoms with Crippen molar-refractivity contribution in [2.45, 2.75) is 104 Å². The van der Waals surface area contributed by atoms with Crippen molar-refractivity contribution in [3.63, 3.8) is 0 Å². The molecule has 1 rings (SSSR count). The smallest absolute Gasteiger partial charge is 0.0369 e. The van der Waals surface area contributed by atoms with Gasteiger partial charge in [-0.2, -0.15) is 0 Å². The summed E-state index contributed by atoms with van der Waals surface area (Å²) in [6.07, 6.45) is 24.0. The van der Waals surface area contributed by atoms with Crippen LogP contribution in [-0.4, -0.2) is 6.54 Å². The lowest BCUT2D eigenvalue weighted by molar-refractivity contribution is 0.602.